The first kappa shape index (κ1) is 18.3. The number of imidazole rings is 1. The van der Waals surface area contributed by atoms with Crippen molar-refractivity contribution in [3.63, 3.8) is 0 Å². The minimum Gasteiger partial charge on any atom is -0.344 e. The first-order valence-electron chi connectivity index (χ1n) is 9.22. The van der Waals surface area contributed by atoms with E-state index in [4.69, 9.17) is 0 Å². The van der Waals surface area contributed by atoms with Crippen molar-refractivity contribution in [3.05, 3.63) is 96.1 Å². The average Bonchev–Trinajstić information content (AvgIpc) is 3.15. The van der Waals surface area contributed by atoms with Gasteiger partial charge in [0.25, 0.3) is 0 Å². The largest absolute Gasteiger partial charge is 0.344 e. The summed E-state index contributed by atoms with van der Waals surface area (Å²) in [6.45, 7) is 1.90. The Labute approximate surface area is 168 Å². The van der Waals surface area contributed by atoms with E-state index in [9.17, 15) is 4.79 Å². The lowest BCUT2D eigenvalue weighted by atomic mass is 9.98. The molecule has 0 aliphatic carbocycles. The number of carbonyl (C=O) groups is 1. The highest BCUT2D eigenvalue weighted by Gasteiger charge is 2.22. The lowest BCUT2D eigenvalue weighted by Gasteiger charge is -2.21. The molecule has 0 saturated carbocycles. The number of aromatic nitrogens is 2. The Morgan fingerprint density at radius 3 is 2.07 bits per heavy atom. The molecule has 1 atom stereocenters. The number of para-hydroxylation sites is 2. The van der Waals surface area contributed by atoms with Crippen LogP contribution in [0, 0.1) is 0 Å². The van der Waals surface area contributed by atoms with Gasteiger partial charge in [-0.1, -0.05) is 84.6 Å². The van der Waals surface area contributed by atoms with Gasteiger partial charge >= 0.3 is 0 Å². The highest BCUT2D eigenvalue weighted by Crippen LogP contribution is 2.26. The summed E-state index contributed by atoms with van der Waals surface area (Å²) in [5.41, 5.74) is 4.00. The summed E-state index contributed by atoms with van der Waals surface area (Å²) >= 11 is 1.43. The lowest BCUT2D eigenvalue weighted by molar-refractivity contribution is -0.120. The summed E-state index contributed by atoms with van der Waals surface area (Å²) in [5.74, 6) is -0.0248. The molecule has 4 nitrogen and oxygen atoms in total. The number of H-pyrrole nitrogens is 1. The van der Waals surface area contributed by atoms with Crippen LogP contribution < -0.4 is 5.32 Å². The molecule has 4 rings (SSSR count). The van der Waals surface area contributed by atoms with Gasteiger partial charge in [0, 0.05) is 0 Å². The van der Waals surface area contributed by atoms with Gasteiger partial charge in [0.05, 0.1) is 22.3 Å². The first-order valence-corrected chi connectivity index (χ1v) is 10.1. The molecule has 4 aromatic rings. The van der Waals surface area contributed by atoms with Crippen molar-refractivity contribution in [2.45, 2.75) is 23.4 Å². The van der Waals surface area contributed by atoms with Crippen molar-refractivity contribution < 1.29 is 4.79 Å². The van der Waals surface area contributed by atoms with E-state index in [1.54, 1.807) is 0 Å². The summed E-state index contributed by atoms with van der Waals surface area (Å²) < 4.78 is 0. The fourth-order valence-corrected chi connectivity index (χ4v) is 3.95. The zero-order valence-corrected chi connectivity index (χ0v) is 16.3. The summed E-state index contributed by atoms with van der Waals surface area (Å²) in [6.07, 6.45) is 0. The predicted octanol–water partition coefficient (Wildman–Crippen LogP) is 4.95. The van der Waals surface area contributed by atoms with E-state index < -0.39 is 0 Å². The molecule has 0 bridgehead atoms. The second kappa shape index (κ2) is 8.31. The van der Waals surface area contributed by atoms with Crippen LogP contribution in [-0.2, 0) is 4.79 Å². The molecule has 28 heavy (non-hydrogen) atoms. The van der Waals surface area contributed by atoms with E-state index in [-0.39, 0.29) is 17.2 Å². The molecule has 2 N–H and O–H groups in total. The maximum atomic E-state index is 12.9. The van der Waals surface area contributed by atoms with Gasteiger partial charge in [0.2, 0.25) is 5.91 Å². The van der Waals surface area contributed by atoms with Crippen LogP contribution in [0.25, 0.3) is 11.0 Å². The third-order valence-corrected chi connectivity index (χ3v) is 5.56. The van der Waals surface area contributed by atoms with Crippen molar-refractivity contribution in [1.82, 2.24) is 15.3 Å². The number of nitrogens with one attached hydrogen (secondary N) is 2. The van der Waals surface area contributed by atoms with Gasteiger partial charge in [0.15, 0.2) is 5.16 Å². The summed E-state index contributed by atoms with van der Waals surface area (Å²) in [4.78, 5) is 20.8. The number of carbonyl (C=O) groups excluding carboxylic acids is 1. The van der Waals surface area contributed by atoms with E-state index in [0.29, 0.717) is 0 Å². The van der Waals surface area contributed by atoms with Crippen molar-refractivity contribution in [1.29, 1.82) is 0 Å². The van der Waals surface area contributed by atoms with Gasteiger partial charge in [-0.2, -0.15) is 0 Å². The monoisotopic (exact) mass is 387 g/mol. The van der Waals surface area contributed by atoms with Gasteiger partial charge in [-0.3, -0.25) is 4.79 Å². The molecule has 0 spiro atoms. The molecule has 0 fully saturated rings. The molecular weight excluding hydrogens is 366 g/mol. The molecule has 5 heteroatoms. The summed E-state index contributed by atoms with van der Waals surface area (Å²) in [7, 11) is 0. The number of hydrogen-bond acceptors (Lipinski definition) is 3. The molecule has 0 radical (unpaired) electrons. The van der Waals surface area contributed by atoms with Crippen LogP contribution in [0.4, 0.5) is 0 Å². The van der Waals surface area contributed by atoms with Gasteiger partial charge in [-0.05, 0) is 30.2 Å². The highest BCUT2D eigenvalue weighted by atomic mass is 32.2. The van der Waals surface area contributed by atoms with Crippen LogP contribution in [0.2, 0.25) is 0 Å². The van der Waals surface area contributed by atoms with Crippen molar-refractivity contribution >= 4 is 28.7 Å². The van der Waals surface area contributed by atoms with Gasteiger partial charge in [0.1, 0.15) is 0 Å². The zero-order chi connectivity index (χ0) is 19.3. The Morgan fingerprint density at radius 2 is 1.46 bits per heavy atom. The Hall–Kier alpha value is -3.05. The molecule has 140 valence electrons. The SMILES string of the molecule is CC(Sc1nc2ccccc2[nH]1)C(=O)NC(c1ccccc1)c1ccccc1. The Balaban J connectivity index is 1.52. The predicted molar refractivity (Wildman–Crippen MR) is 114 cm³/mol. The summed E-state index contributed by atoms with van der Waals surface area (Å²) in [5, 5.41) is 3.67. The van der Waals surface area contributed by atoms with Crippen LogP contribution in [0.1, 0.15) is 24.1 Å². The fourth-order valence-electron chi connectivity index (χ4n) is 3.12. The number of amides is 1. The van der Waals surface area contributed by atoms with E-state index >= 15 is 0 Å². The fraction of sp³-hybridized carbons (Fsp3) is 0.130. The number of aromatic amines is 1. The number of thioether (sulfide) groups is 1. The molecule has 0 aliphatic rings. The smallest absolute Gasteiger partial charge is 0.234 e. The number of nitrogens with zero attached hydrogens (tertiary/aromatic N) is 1. The molecule has 0 saturated heterocycles. The van der Waals surface area contributed by atoms with Crippen LogP contribution in [0.15, 0.2) is 90.1 Å². The first-order chi connectivity index (χ1) is 13.7. The molecule has 0 aliphatic heterocycles. The van der Waals surface area contributed by atoms with Crippen molar-refractivity contribution in [2.24, 2.45) is 0 Å². The Kier molecular flexibility index (Phi) is 5.44. The Bertz CT molecular complexity index is 990. The van der Waals surface area contributed by atoms with Crippen LogP contribution >= 0.6 is 11.8 Å². The molecule has 1 aromatic heterocycles. The van der Waals surface area contributed by atoms with Crippen molar-refractivity contribution in [3.8, 4) is 0 Å². The van der Waals surface area contributed by atoms with Gasteiger partial charge in [-0.15, -0.1) is 0 Å². The normalized spacial score (nSPS) is 12.2. The van der Waals surface area contributed by atoms with Crippen LogP contribution in [0.5, 0.6) is 0 Å². The average molecular weight is 388 g/mol. The summed E-state index contributed by atoms with van der Waals surface area (Å²) in [6, 6.07) is 27.7. The standard InChI is InChI=1S/C23H21N3OS/c1-16(28-23-24-19-14-8-9-15-20(19)25-23)22(27)26-21(17-10-4-2-5-11-17)18-12-6-3-7-13-18/h2-16,21H,1H3,(H,24,25)(H,26,27). The molecule has 1 heterocycles. The van der Waals surface area contributed by atoms with Crippen molar-refractivity contribution in [2.75, 3.05) is 0 Å². The number of fused-ring (bicyclic) bond motifs is 1. The highest BCUT2D eigenvalue weighted by molar-refractivity contribution is 8.00. The number of rotatable bonds is 6. The van der Waals surface area contributed by atoms with E-state index in [1.165, 1.54) is 11.8 Å². The minimum atomic E-state index is -0.282. The molecule has 3 aromatic carbocycles. The number of hydrogen-bond donors (Lipinski definition) is 2. The van der Waals surface area contributed by atoms with Crippen LogP contribution in [-0.4, -0.2) is 21.1 Å². The third kappa shape index (κ3) is 4.10. The second-order valence-electron chi connectivity index (χ2n) is 6.58. The molecule has 1 amide bonds. The zero-order valence-electron chi connectivity index (χ0n) is 15.5. The topological polar surface area (TPSA) is 57.8 Å². The third-order valence-electron chi connectivity index (χ3n) is 4.58. The maximum absolute atomic E-state index is 12.9. The second-order valence-corrected chi connectivity index (χ2v) is 7.91. The molecule has 1 unspecified atom stereocenters. The quantitative estimate of drug-likeness (QED) is 0.460. The molecular formula is C23H21N3OS. The maximum Gasteiger partial charge on any atom is 0.234 e. The lowest BCUT2D eigenvalue weighted by Crippen LogP contribution is -2.35. The number of benzene rings is 3. The van der Waals surface area contributed by atoms with E-state index in [2.05, 4.69) is 15.3 Å². The minimum absolute atomic E-state index is 0.0248. The van der Waals surface area contributed by atoms with E-state index in [1.807, 2.05) is 91.9 Å². The Morgan fingerprint density at radius 1 is 0.893 bits per heavy atom. The van der Waals surface area contributed by atoms with Gasteiger partial charge in [-0.25, -0.2) is 4.98 Å². The van der Waals surface area contributed by atoms with Gasteiger partial charge < -0.3 is 10.3 Å². The van der Waals surface area contributed by atoms with E-state index in [0.717, 1.165) is 27.3 Å². The van der Waals surface area contributed by atoms with Crippen LogP contribution in [0.3, 0.4) is 0 Å².